The van der Waals surface area contributed by atoms with Crippen molar-refractivity contribution in [2.75, 3.05) is 13.7 Å². The molecule has 0 aromatic heterocycles. The fraction of sp³-hybridized carbons (Fsp3) is 0.698. The molecule has 0 aliphatic carbocycles. The van der Waals surface area contributed by atoms with Gasteiger partial charge in [-0.3, -0.25) is 0 Å². The Kier molecular flexibility index (Phi) is 17.6. The predicted octanol–water partition coefficient (Wildman–Crippen LogP) is 11.2. The van der Waals surface area contributed by atoms with Crippen molar-refractivity contribution in [2.24, 2.45) is 5.92 Å². The average molecular weight is 787 g/mol. The summed E-state index contributed by atoms with van der Waals surface area (Å²) in [6.45, 7) is 32.2. The van der Waals surface area contributed by atoms with Gasteiger partial charge in [0, 0.05) is 31.4 Å². The quantitative estimate of drug-likeness (QED) is 0.0532. The molecule has 2 rings (SSSR count). The number of esters is 1. The number of rotatable bonds is 21. The van der Waals surface area contributed by atoms with Gasteiger partial charge in [-0.25, -0.2) is 4.79 Å². The van der Waals surface area contributed by atoms with Gasteiger partial charge in [0.25, 0.3) is 0 Å². The normalized spacial score (nSPS) is 19.8. The van der Waals surface area contributed by atoms with Crippen molar-refractivity contribution in [2.45, 2.75) is 173 Å². The lowest BCUT2D eigenvalue weighted by Gasteiger charge is -2.47. The SMILES string of the molecule is C#C[C@@H](C[C@@H](OCc1ccc(OC)cc1)[C@](/C=C/[C@@H]1OC(=O)C=C[C@@H]1CC)(CCO[Si](C)(C)C(C)(C)C)O[Si](CC)(CC)CC)O[Si](C)(C)C(C)(C)C. The van der Waals surface area contributed by atoms with E-state index in [1.807, 2.05) is 36.4 Å². The zero-order chi connectivity index (χ0) is 40.3. The standard InChI is InChI=1S/C43H74O7Si3/c1-17-35-24-27-40(44)48-38(35)28-29-43(50-53(19-3,20-4)21-5,30-31-47-51(13,14)41(6,7)8)39(46-33-34-22-25-37(45-12)26-23-34)32-36(18-2)49-52(15,16)42(9,10)11/h2,22-29,35-36,38-39H,17,19-21,30-33H2,1,3-16H3/b29-28+/t35-,36-,38-,39+,43-/m0/s1. The van der Waals surface area contributed by atoms with Gasteiger partial charge >= 0.3 is 5.97 Å². The van der Waals surface area contributed by atoms with Gasteiger partial charge in [-0.15, -0.1) is 6.42 Å². The second-order valence-corrected chi connectivity index (χ2v) is 32.0. The molecule has 0 radical (unpaired) electrons. The molecule has 0 N–H and O–H groups in total. The Morgan fingerprint density at radius 1 is 0.925 bits per heavy atom. The Morgan fingerprint density at radius 3 is 2.00 bits per heavy atom. The first-order valence-electron chi connectivity index (χ1n) is 19.9. The molecule has 1 heterocycles. The lowest BCUT2D eigenvalue weighted by Crippen LogP contribution is -2.56. The van der Waals surface area contributed by atoms with Crippen molar-refractivity contribution in [1.29, 1.82) is 0 Å². The Bertz CT molecular complexity index is 1370. The summed E-state index contributed by atoms with van der Waals surface area (Å²) < 4.78 is 40.1. The van der Waals surface area contributed by atoms with E-state index in [1.165, 1.54) is 6.08 Å². The summed E-state index contributed by atoms with van der Waals surface area (Å²) >= 11 is 0. The van der Waals surface area contributed by atoms with Crippen LogP contribution in [0.1, 0.15) is 94.1 Å². The van der Waals surface area contributed by atoms with Gasteiger partial charge in [0.2, 0.25) is 0 Å². The molecule has 10 heteroatoms. The minimum absolute atomic E-state index is 0.0334. The number of hydrogen-bond acceptors (Lipinski definition) is 7. The van der Waals surface area contributed by atoms with Gasteiger partial charge < -0.3 is 27.5 Å². The third-order valence-corrected chi connectivity index (χ3v) is 26.0. The first-order valence-corrected chi connectivity index (χ1v) is 28.2. The van der Waals surface area contributed by atoms with Crippen LogP contribution in [0.4, 0.5) is 0 Å². The van der Waals surface area contributed by atoms with E-state index in [9.17, 15) is 4.79 Å². The molecule has 1 aliphatic rings. The number of carbonyl (C=O) groups excluding carboxylic acids is 1. The van der Waals surface area contributed by atoms with Crippen LogP contribution in [0.3, 0.4) is 0 Å². The summed E-state index contributed by atoms with van der Waals surface area (Å²) in [5, 5.41) is 0.00221. The highest BCUT2D eigenvalue weighted by molar-refractivity contribution is 6.74. The molecule has 0 fully saturated rings. The van der Waals surface area contributed by atoms with Crippen LogP contribution in [0.5, 0.6) is 5.75 Å². The molecule has 0 unspecified atom stereocenters. The minimum Gasteiger partial charge on any atom is -0.497 e. The van der Waals surface area contributed by atoms with Gasteiger partial charge in [0.15, 0.2) is 25.0 Å². The zero-order valence-electron chi connectivity index (χ0n) is 36.0. The third kappa shape index (κ3) is 13.0. The van der Waals surface area contributed by atoms with Crippen LogP contribution >= 0.6 is 0 Å². The maximum absolute atomic E-state index is 12.6. The molecule has 53 heavy (non-hydrogen) atoms. The molecule has 0 saturated heterocycles. The van der Waals surface area contributed by atoms with Gasteiger partial charge in [-0.1, -0.05) is 99.4 Å². The number of terminal acetylenes is 1. The number of methoxy groups -OCH3 is 1. The largest absolute Gasteiger partial charge is 0.497 e. The van der Waals surface area contributed by atoms with Crippen LogP contribution in [0, 0.1) is 18.3 Å². The fourth-order valence-corrected chi connectivity index (χ4v) is 11.5. The summed E-state index contributed by atoms with van der Waals surface area (Å²) in [5.41, 5.74) is 0.0528. The molecule has 0 amide bonds. The lowest BCUT2D eigenvalue weighted by molar-refractivity contribution is -0.144. The van der Waals surface area contributed by atoms with Crippen molar-refractivity contribution in [3.05, 3.63) is 54.1 Å². The first kappa shape index (κ1) is 47.2. The molecule has 0 spiro atoms. The van der Waals surface area contributed by atoms with Gasteiger partial charge in [-0.2, -0.15) is 0 Å². The van der Waals surface area contributed by atoms with E-state index >= 15 is 0 Å². The predicted molar refractivity (Wildman–Crippen MR) is 228 cm³/mol. The molecule has 7 nitrogen and oxygen atoms in total. The Morgan fingerprint density at radius 2 is 1.51 bits per heavy atom. The highest BCUT2D eigenvalue weighted by Gasteiger charge is 2.48. The smallest absolute Gasteiger partial charge is 0.331 e. The number of benzene rings is 1. The molecule has 1 aromatic rings. The number of carbonyl (C=O) groups is 1. The van der Waals surface area contributed by atoms with E-state index in [-0.39, 0.29) is 22.0 Å². The van der Waals surface area contributed by atoms with Crippen molar-refractivity contribution in [1.82, 2.24) is 0 Å². The van der Waals surface area contributed by atoms with E-state index in [0.717, 1.165) is 35.9 Å². The van der Waals surface area contributed by atoms with Crippen LogP contribution in [-0.2, 0) is 34.2 Å². The highest BCUT2D eigenvalue weighted by atomic mass is 28.4. The van der Waals surface area contributed by atoms with Gasteiger partial charge in [-0.05, 0) is 84.6 Å². The maximum Gasteiger partial charge on any atom is 0.331 e. The number of ether oxygens (including phenoxy) is 3. The van der Waals surface area contributed by atoms with E-state index in [1.54, 1.807) is 7.11 Å². The molecule has 0 saturated carbocycles. The van der Waals surface area contributed by atoms with E-state index < -0.39 is 48.9 Å². The molecule has 1 aromatic carbocycles. The second-order valence-electron chi connectivity index (χ2n) is 17.8. The van der Waals surface area contributed by atoms with E-state index in [2.05, 4.69) is 107 Å². The lowest BCUT2D eigenvalue weighted by atomic mass is 9.87. The monoisotopic (exact) mass is 786 g/mol. The summed E-state index contributed by atoms with van der Waals surface area (Å²) in [4.78, 5) is 12.6. The van der Waals surface area contributed by atoms with Crippen LogP contribution in [0.25, 0.3) is 0 Å². The van der Waals surface area contributed by atoms with Crippen molar-refractivity contribution in [3.8, 4) is 18.1 Å². The van der Waals surface area contributed by atoms with Gasteiger partial charge in [0.05, 0.1) is 19.8 Å². The topological polar surface area (TPSA) is 72.5 Å². The van der Waals surface area contributed by atoms with E-state index in [0.29, 0.717) is 26.1 Å². The van der Waals surface area contributed by atoms with Crippen molar-refractivity contribution in [3.63, 3.8) is 0 Å². The molecule has 1 aliphatic heterocycles. The van der Waals surface area contributed by atoms with Crippen LogP contribution in [0.15, 0.2) is 48.6 Å². The Labute approximate surface area is 327 Å². The van der Waals surface area contributed by atoms with E-state index in [4.69, 9.17) is 33.9 Å². The Balaban J connectivity index is 2.89. The molecule has 300 valence electrons. The number of cyclic esters (lactones) is 1. The maximum atomic E-state index is 12.6. The highest BCUT2D eigenvalue weighted by Crippen LogP contribution is 2.42. The fourth-order valence-electron chi connectivity index (χ4n) is 6.14. The van der Waals surface area contributed by atoms with Crippen LogP contribution in [-0.4, -0.2) is 68.6 Å². The summed E-state index contributed by atoms with van der Waals surface area (Å²) in [5.74, 6) is 3.53. The third-order valence-electron chi connectivity index (χ3n) is 12.3. The van der Waals surface area contributed by atoms with Crippen LogP contribution in [0.2, 0.25) is 54.4 Å². The Hall–Kier alpha value is -1.98. The minimum atomic E-state index is -2.33. The molecule has 0 bridgehead atoms. The zero-order valence-corrected chi connectivity index (χ0v) is 39.0. The molecular formula is C43H74O7Si3. The van der Waals surface area contributed by atoms with Crippen molar-refractivity contribution >= 4 is 30.9 Å². The summed E-state index contributed by atoms with van der Waals surface area (Å²) in [6.07, 6.45) is 14.4. The summed E-state index contributed by atoms with van der Waals surface area (Å²) in [7, 11) is -5.05. The molecule has 5 atom stereocenters. The summed E-state index contributed by atoms with van der Waals surface area (Å²) in [6, 6.07) is 10.8. The molecular weight excluding hydrogens is 713 g/mol. The van der Waals surface area contributed by atoms with Crippen LogP contribution < -0.4 is 4.74 Å². The average Bonchev–Trinajstić information content (AvgIpc) is 3.09. The second kappa shape index (κ2) is 19.7. The number of hydrogen-bond donors (Lipinski definition) is 0. The first-order chi connectivity index (χ1) is 24.6. The van der Waals surface area contributed by atoms with Crippen molar-refractivity contribution < 1.29 is 32.3 Å². The van der Waals surface area contributed by atoms with Gasteiger partial charge in [0.1, 0.15) is 23.6 Å².